The highest BCUT2D eigenvalue weighted by molar-refractivity contribution is 7.89. The lowest BCUT2D eigenvalue weighted by Crippen LogP contribution is -2.50. The van der Waals surface area contributed by atoms with Crippen LogP contribution in [0.1, 0.15) is 26.7 Å². The molecular formula is C22H27N5O4S. The van der Waals surface area contributed by atoms with Crippen molar-refractivity contribution in [1.82, 2.24) is 19.1 Å². The molecule has 0 unspecified atom stereocenters. The molecule has 0 atom stereocenters. The van der Waals surface area contributed by atoms with Crippen LogP contribution in [0.2, 0.25) is 0 Å². The van der Waals surface area contributed by atoms with Gasteiger partial charge in [0.05, 0.1) is 22.6 Å². The Morgan fingerprint density at radius 2 is 1.97 bits per heavy atom. The molecule has 1 aliphatic heterocycles. The molecule has 170 valence electrons. The van der Waals surface area contributed by atoms with Crippen LogP contribution >= 0.6 is 0 Å². The zero-order valence-corrected chi connectivity index (χ0v) is 19.0. The van der Waals surface area contributed by atoms with Gasteiger partial charge in [0.25, 0.3) is 5.56 Å². The first-order chi connectivity index (χ1) is 15.2. The molecule has 1 aromatic carbocycles. The van der Waals surface area contributed by atoms with E-state index in [0.717, 1.165) is 12.1 Å². The van der Waals surface area contributed by atoms with Gasteiger partial charge in [-0.25, -0.2) is 8.42 Å². The fourth-order valence-corrected chi connectivity index (χ4v) is 5.66. The number of pyridine rings is 1. The molecule has 1 saturated heterocycles. The molecule has 0 radical (unpaired) electrons. The van der Waals surface area contributed by atoms with E-state index in [2.05, 4.69) is 15.4 Å². The molecule has 3 aromatic rings. The van der Waals surface area contributed by atoms with Gasteiger partial charge < -0.3 is 15.0 Å². The summed E-state index contributed by atoms with van der Waals surface area (Å²) in [4.78, 5) is 15.4. The van der Waals surface area contributed by atoms with Crippen LogP contribution in [0.3, 0.4) is 0 Å². The number of hydrogen-bond donors (Lipinski definition) is 2. The second-order valence-electron chi connectivity index (χ2n) is 9.14. The molecule has 1 saturated carbocycles. The number of nitrogens with zero attached hydrogens (tertiary/aromatic N) is 3. The monoisotopic (exact) mass is 457 g/mol. The quantitative estimate of drug-likeness (QED) is 0.589. The number of fused-ring (bicyclic) bond motifs is 1. The number of H-pyrrole nitrogens is 1. The van der Waals surface area contributed by atoms with E-state index < -0.39 is 15.6 Å². The molecule has 2 aromatic heterocycles. The number of anilines is 2. The number of sulfonamides is 1. The van der Waals surface area contributed by atoms with Gasteiger partial charge in [-0.1, -0.05) is 0 Å². The SMILES string of the molecule is CC1(C)CN(S(=O)(=O)c2ccc(Nc3nn(CC4CC4)c4cc[nH]c(=O)c34)cc2)CCO1. The van der Waals surface area contributed by atoms with Crippen LogP contribution < -0.4 is 10.9 Å². The van der Waals surface area contributed by atoms with E-state index in [0.29, 0.717) is 42.5 Å². The van der Waals surface area contributed by atoms with Crippen molar-refractivity contribution in [2.24, 2.45) is 5.92 Å². The van der Waals surface area contributed by atoms with Crippen LogP contribution in [-0.2, 0) is 21.3 Å². The Balaban J connectivity index is 1.41. The van der Waals surface area contributed by atoms with E-state index in [9.17, 15) is 13.2 Å². The minimum atomic E-state index is -3.62. The average molecular weight is 458 g/mol. The topological polar surface area (TPSA) is 109 Å². The average Bonchev–Trinajstić information content (AvgIpc) is 3.49. The highest BCUT2D eigenvalue weighted by Crippen LogP contribution is 2.33. The molecule has 5 rings (SSSR count). The second kappa shape index (κ2) is 7.72. The highest BCUT2D eigenvalue weighted by Gasteiger charge is 2.34. The number of morpholine rings is 1. The number of rotatable bonds is 6. The van der Waals surface area contributed by atoms with Gasteiger partial charge in [0.1, 0.15) is 5.39 Å². The Bertz CT molecular complexity index is 1310. The Labute approximate surface area is 186 Å². The minimum Gasteiger partial charge on any atom is -0.373 e. The van der Waals surface area contributed by atoms with Crippen molar-refractivity contribution in [3.05, 3.63) is 46.9 Å². The summed E-state index contributed by atoms with van der Waals surface area (Å²) in [6.07, 6.45) is 4.00. The smallest absolute Gasteiger partial charge is 0.261 e. The van der Waals surface area contributed by atoms with Gasteiger partial charge in [-0.2, -0.15) is 9.40 Å². The van der Waals surface area contributed by atoms with Crippen LogP contribution in [0.15, 0.2) is 46.2 Å². The van der Waals surface area contributed by atoms with E-state index in [-0.39, 0.29) is 10.5 Å². The Morgan fingerprint density at radius 1 is 1.22 bits per heavy atom. The van der Waals surface area contributed by atoms with Gasteiger partial charge in [-0.05, 0) is 62.9 Å². The lowest BCUT2D eigenvalue weighted by Gasteiger charge is -2.37. The lowest BCUT2D eigenvalue weighted by atomic mass is 10.1. The number of ether oxygens (including phenoxy) is 1. The summed E-state index contributed by atoms with van der Waals surface area (Å²) in [6.45, 7) is 5.57. The summed E-state index contributed by atoms with van der Waals surface area (Å²) in [7, 11) is -3.62. The van der Waals surface area contributed by atoms with Crippen LogP contribution in [0.25, 0.3) is 10.9 Å². The van der Waals surface area contributed by atoms with Crippen molar-refractivity contribution in [2.45, 2.75) is 43.7 Å². The third-order valence-corrected chi connectivity index (χ3v) is 7.81. The summed E-state index contributed by atoms with van der Waals surface area (Å²) < 4.78 is 35.1. The number of hydrogen-bond acceptors (Lipinski definition) is 6. The summed E-state index contributed by atoms with van der Waals surface area (Å²) in [5, 5.41) is 8.32. The van der Waals surface area contributed by atoms with Crippen LogP contribution in [0, 0.1) is 5.92 Å². The van der Waals surface area contributed by atoms with Crippen molar-refractivity contribution in [2.75, 3.05) is 25.0 Å². The second-order valence-corrected chi connectivity index (χ2v) is 11.1. The highest BCUT2D eigenvalue weighted by atomic mass is 32.2. The van der Waals surface area contributed by atoms with Crippen molar-refractivity contribution < 1.29 is 13.2 Å². The van der Waals surface area contributed by atoms with Crippen molar-refractivity contribution >= 4 is 32.4 Å². The molecule has 9 nitrogen and oxygen atoms in total. The molecule has 2 N–H and O–H groups in total. The summed E-state index contributed by atoms with van der Waals surface area (Å²) in [5.74, 6) is 1.08. The summed E-state index contributed by atoms with van der Waals surface area (Å²) in [5.41, 5.74) is 0.728. The maximum atomic E-state index is 13.1. The van der Waals surface area contributed by atoms with Crippen LogP contribution in [0.5, 0.6) is 0 Å². The van der Waals surface area contributed by atoms with Crippen LogP contribution in [0.4, 0.5) is 11.5 Å². The van der Waals surface area contributed by atoms with E-state index in [4.69, 9.17) is 4.74 Å². The predicted molar refractivity (Wildman–Crippen MR) is 122 cm³/mol. The Hall–Kier alpha value is -2.69. The standard InChI is InChI=1S/C22H27N5O4S/c1-22(2)14-26(11-12-31-22)32(29,30)17-7-5-16(6-8-17)24-20-19-18(9-10-23-21(19)28)27(25-20)13-15-3-4-15/h5-10,15H,3-4,11-14H2,1-2H3,(H,23,28)(H,24,25). The van der Waals surface area contributed by atoms with Gasteiger partial charge in [-0.3, -0.25) is 9.48 Å². The fraction of sp³-hybridized carbons (Fsp3) is 0.455. The lowest BCUT2D eigenvalue weighted by molar-refractivity contribution is -0.0640. The van der Waals surface area contributed by atoms with Crippen molar-refractivity contribution in [1.29, 1.82) is 0 Å². The number of aromatic amines is 1. The van der Waals surface area contributed by atoms with Crippen molar-refractivity contribution in [3.8, 4) is 0 Å². The number of benzene rings is 1. The number of nitrogens with one attached hydrogen (secondary N) is 2. The first-order valence-electron chi connectivity index (χ1n) is 10.8. The fourth-order valence-electron chi connectivity index (χ4n) is 4.08. The minimum absolute atomic E-state index is 0.207. The third-order valence-electron chi connectivity index (χ3n) is 5.95. The molecule has 0 bridgehead atoms. The van der Waals surface area contributed by atoms with E-state index in [1.165, 1.54) is 17.1 Å². The molecule has 0 spiro atoms. The molecular weight excluding hydrogens is 430 g/mol. The van der Waals surface area contributed by atoms with Gasteiger partial charge in [-0.15, -0.1) is 0 Å². The van der Waals surface area contributed by atoms with E-state index in [1.807, 2.05) is 24.6 Å². The maximum Gasteiger partial charge on any atom is 0.261 e. The molecule has 1 aliphatic carbocycles. The first kappa shape index (κ1) is 21.2. The molecule has 2 fully saturated rings. The van der Waals surface area contributed by atoms with Crippen LogP contribution in [-0.4, -0.2) is 52.8 Å². The van der Waals surface area contributed by atoms with Gasteiger partial charge in [0.2, 0.25) is 10.0 Å². The third kappa shape index (κ3) is 4.05. The maximum absolute atomic E-state index is 13.1. The molecule has 0 amide bonds. The van der Waals surface area contributed by atoms with Gasteiger partial charge in [0, 0.05) is 31.5 Å². The largest absolute Gasteiger partial charge is 0.373 e. The molecule has 2 aliphatic rings. The Kier molecular flexibility index (Phi) is 5.11. The van der Waals surface area contributed by atoms with E-state index >= 15 is 0 Å². The summed E-state index contributed by atoms with van der Waals surface area (Å²) in [6, 6.07) is 8.40. The summed E-state index contributed by atoms with van der Waals surface area (Å²) >= 11 is 0. The normalized spacial score (nSPS) is 19.3. The molecule has 32 heavy (non-hydrogen) atoms. The van der Waals surface area contributed by atoms with Crippen molar-refractivity contribution in [3.63, 3.8) is 0 Å². The van der Waals surface area contributed by atoms with Gasteiger partial charge in [0.15, 0.2) is 5.82 Å². The first-order valence-corrected chi connectivity index (χ1v) is 12.3. The van der Waals surface area contributed by atoms with Gasteiger partial charge >= 0.3 is 0 Å². The zero-order chi connectivity index (χ0) is 22.5. The molecule has 10 heteroatoms. The Morgan fingerprint density at radius 3 is 2.66 bits per heavy atom. The number of aromatic nitrogens is 3. The van der Waals surface area contributed by atoms with E-state index in [1.54, 1.807) is 30.5 Å². The molecule has 3 heterocycles. The zero-order valence-electron chi connectivity index (χ0n) is 18.2. The predicted octanol–water partition coefficient (Wildman–Crippen LogP) is 2.68.